The molecule has 0 rings (SSSR count). The molecule has 0 spiro atoms. The van der Waals surface area contributed by atoms with E-state index in [0.29, 0.717) is 19.5 Å². The van der Waals surface area contributed by atoms with E-state index in [1.54, 1.807) is 0 Å². The summed E-state index contributed by atoms with van der Waals surface area (Å²) in [6.45, 7) is 3.17. The zero-order valence-corrected chi connectivity index (χ0v) is 7.99. The van der Waals surface area contributed by atoms with Crippen molar-refractivity contribution in [1.82, 2.24) is 5.32 Å². The molecule has 0 aliphatic carbocycles. The lowest BCUT2D eigenvalue weighted by atomic mass is 10.3. The van der Waals surface area contributed by atoms with Crippen LogP contribution in [0, 0.1) is 0 Å². The van der Waals surface area contributed by atoms with Gasteiger partial charge in [-0.1, -0.05) is 12.0 Å². The quantitative estimate of drug-likeness (QED) is 0.279. The maximum Gasteiger partial charge on any atom is 0.219 e. The highest BCUT2D eigenvalue weighted by Crippen LogP contribution is 1.90. The van der Waals surface area contributed by atoms with Crippen LogP contribution in [0.4, 0.5) is 0 Å². The van der Waals surface area contributed by atoms with E-state index < -0.39 is 0 Å². The van der Waals surface area contributed by atoms with Crippen LogP contribution in [0.3, 0.4) is 0 Å². The molecule has 1 amide bonds. The third-order valence-corrected chi connectivity index (χ3v) is 1.55. The van der Waals surface area contributed by atoms with E-state index in [9.17, 15) is 4.79 Å². The summed E-state index contributed by atoms with van der Waals surface area (Å²) in [5.74, 6) is 0.103. The van der Waals surface area contributed by atoms with Gasteiger partial charge in [0.1, 0.15) is 0 Å². The number of nitrogens with one attached hydrogen (secondary N) is 1. The summed E-state index contributed by atoms with van der Waals surface area (Å²) >= 11 is 0. The number of unbranched alkanes of at least 4 members (excludes halogenated alkanes) is 1. The molecule has 0 saturated heterocycles. The minimum atomic E-state index is 0.103. The summed E-state index contributed by atoms with van der Waals surface area (Å²) in [6, 6.07) is 0. The Kier molecular flexibility index (Phi) is 8.04. The van der Waals surface area contributed by atoms with Crippen molar-refractivity contribution in [3.8, 4) is 0 Å². The number of amides is 1. The summed E-state index contributed by atoms with van der Waals surface area (Å²) < 4.78 is 0. The van der Waals surface area contributed by atoms with E-state index in [1.807, 2.05) is 6.92 Å². The van der Waals surface area contributed by atoms with E-state index in [1.165, 1.54) is 0 Å². The van der Waals surface area contributed by atoms with Gasteiger partial charge < -0.3 is 5.32 Å². The number of carbonyl (C=O) groups excluding carboxylic acids is 1. The number of azide groups is 1. The number of nitrogens with zero attached hydrogens (tertiary/aromatic N) is 3. The molecular formula is C8H16N4O. The number of hydrogen-bond donors (Lipinski definition) is 1. The monoisotopic (exact) mass is 184 g/mol. The van der Waals surface area contributed by atoms with Gasteiger partial charge in [-0.3, -0.25) is 4.79 Å². The van der Waals surface area contributed by atoms with Crippen LogP contribution in [0.15, 0.2) is 5.11 Å². The van der Waals surface area contributed by atoms with Crippen LogP contribution in [-0.4, -0.2) is 19.0 Å². The molecule has 0 radical (unpaired) electrons. The maximum atomic E-state index is 10.9. The highest BCUT2D eigenvalue weighted by atomic mass is 16.1. The molecule has 0 aliphatic heterocycles. The molecule has 0 aromatic carbocycles. The van der Waals surface area contributed by atoms with Crippen molar-refractivity contribution >= 4 is 5.91 Å². The molecule has 1 N–H and O–H groups in total. The fraction of sp³-hybridized carbons (Fsp3) is 0.875. The second-order valence-corrected chi connectivity index (χ2v) is 2.76. The van der Waals surface area contributed by atoms with Gasteiger partial charge in [0.15, 0.2) is 0 Å². The minimum absolute atomic E-state index is 0.103. The van der Waals surface area contributed by atoms with Crippen LogP contribution in [0.25, 0.3) is 10.4 Å². The topological polar surface area (TPSA) is 77.9 Å². The Bertz CT molecular complexity index is 187. The standard InChI is InChI=1S/C8H16N4O/c1-2-5-8(13)10-6-3-4-7-11-12-9/h2-7H2,1H3,(H,10,13). The number of rotatable bonds is 7. The number of carbonyl (C=O) groups is 1. The van der Waals surface area contributed by atoms with Crippen molar-refractivity contribution in [2.45, 2.75) is 32.6 Å². The van der Waals surface area contributed by atoms with Gasteiger partial charge in [-0.15, -0.1) is 0 Å². The lowest BCUT2D eigenvalue weighted by molar-refractivity contribution is -0.121. The van der Waals surface area contributed by atoms with Crippen LogP contribution in [0.2, 0.25) is 0 Å². The lowest BCUT2D eigenvalue weighted by Crippen LogP contribution is -2.23. The highest BCUT2D eigenvalue weighted by molar-refractivity contribution is 5.75. The summed E-state index contributed by atoms with van der Waals surface area (Å²) in [4.78, 5) is 13.6. The van der Waals surface area contributed by atoms with Gasteiger partial charge in [-0.25, -0.2) is 0 Å². The van der Waals surface area contributed by atoms with Gasteiger partial charge in [0.25, 0.3) is 0 Å². The van der Waals surface area contributed by atoms with Crippen LogP contribution in [0.1, 0.15) is 32.6 Å². The molecule has 0 aromatic heterocycles. The first kappa shape index (κ1) is 11.8. The second-order valence-electron chi connectivity index (χ2n) is 2.76. The average Bonchev–Trinajstić information content (AvgIpc) is 2.11. The molecule has 0 aromatic rings. The third kappa shape index (κ3) is 8.69. The molecule has 0 unspecified atom stereocenters. The SMILES string of the molecule is CCCC(=O)NCCCCN=[N+]=[N-]. The van der Waals surface area contributed by atoms with Crippen molar-refractivity contribution in [1.29, 1.82) is 0 Å². The van der Waals surface area contributed by atoms with Gasteiger partial charge in [0.2, 0.25) is 5.91 Å². The Labute approximate surface area is 78.1 Å². The Morgan fingerprint density at radius 1 is 1.54 bits per heavy atom. The molecule has 5 heteroatoms. The Morgan fingerprint density at radius 3 is 2.92 bits per heavy atom. The normalized spacial score (nSPS) is 9.00. The fourth-order valence-corrected chi connectivity index (χ4v) is 0.895. The number of hydrogen-bond acceptors (Lipinski definition) is 2. The maximum absolute atomic E-state index is 10.9. The zero-order valence-electron chi connectivity index (χ0n) is 7.99. The van der Waals surface area contributed by atoms with E-state index in [4.69, 9.17) is 5.53 Å². The van der Waals surface area contributed by atoms with Crippen LogP contribution < -0.4 is 5.32 Å². The summed E-state index contributed by atoms with van der Waals surface area (Å²) in [7, 11) is 0. The van der Waals surface area contributed by atoms with Gasteiger partial charge in [-0.2, -0.15) is 0 Å². The summed E-state index contributed by atoms with van der Waals surface area (Å²) in [5, 5.41) is 6.18. The third-order valence-electron chi connectivity index (χ3n) is 1.55. The molecule has 0 atom stereocenters. The smallest absolute Gasteiger partial charge is 0.219 e. The van der Waals surface area contributed by atoms with Crippen molar-refractivity contribution in [3.05, 3.63) is 10.4 Å². The Balaban J connectivity index is 3.15. The molecule has 0 fully saturated rings. The van der Waals surface area contributed by atoms with Gasteiger partial charge in [0.05, 0.1) is 0 Å². The van der Waals surface area contributed by atoms with Gasteiger partial charge >= 0.3 is 0 Å². The van der Waals surface area contributed by atoms with E-state index >= 15 is 0 Å². The van der Waals surface area contributed by atoms with Crippen LogP contribution >= 0.6 is 0 Å². The first-order chi connectivity index (χ1) is 6.31. The molecule has 0 bridgehead atoms. The molecule has 13 heavy (non-hydrogen) atoms. The van der Waals surface area contributed by atoms with E-state index in [0.717, 1.165) is 19.3 Å². The first-order valence-electron chi connectivity index (χ1n) is 4.58. The predicted octanol–water partition coefficient (Wildman–Crippen LogP) is 1.99. The molecule has 0 saturated carbocycles. The summed E-state index contributed by atoms with van der Waals surface area (Å²) in [5.41, 5.74) is 7.97. The second kappa shape index (κ2) is 8.87. The van der Waals surface area contributed by atoms with Crippen LogP contribution in [0.5, 0.6) is 0 Å². The first-order valence-corrected chi connectivity index (χ1v) is 4.58. The Morgan fingerprint density at radius 2 is 2.31 bits per heavy atom. The van der Waals surface area contributed by atoms with Crippen molar-refractivity contribution in [2.24, 2.45) is 5.11 Å². The summed E-state index contributed by atoms with van der Waals surface area (Å²) in [6.07, 6.45) is 3.17. The van der Waals surface area contributed by atoms with Crippen molar-refractivity contribution < 1.29 is 4.79 Å². The van der Waals surface area contributed by atoms with E-state index in [2.05, 4.69) is 15.3 Å². The average molecular weight is 184 g/mol. The predicted molar refractivity (Wildman–Crippen MR) is 51.2 cm³/mol. The largest absolute Gasteiger partial charge is 0.356 e. The highest BCUT2D eigenvalue weighted by Gasteiger charge is 1.96. The van der Waals surface area contributed by atoms with Crippen LogP contribution in [-0.2, 0) is 4.79 Å². The Hall–Kier alpha value is -1.22. The van der Waals surface area contributed by atoms with Crippen molar-refractivity contribution in [3.63, 3.8) is 0 Å². The molecular weight excluding hydrogens is 168 g/mol. The van der Waals surface area contributed by atoms with Crippen molar-refractivity contribution in [2.75, 3.05) is 13.1 Å². The van der Waals surface area contributed by atoms with Gasteiger partial charge in [-0.05, 0) is 24.8 Å². The molecule has 74 valence electrons. The lowest BCUT2D eigenvalue weighted by Gasteiger charge is -2.02. The zero-order chi connectivity index (χ0) is 9.94. The van der Waals surface area contributed by atoms with Gasteiger partial charge in [0, 0.05) is 24.4 Å². The minimum Gasteiger partial charge on any atom is -0.356 e. The van der Waals surface area contributed by atoms with E-state index in [-0.39, 0.29) is 5.91 Å². The molecule has 0 aliphatic rings. The fourth-order valence-electron chi connectivity index (χ4n) is 0.895. The molecule has 5 nitrogen and oxygen atoms in total. The molecule has 0 heterocycles.